The molecule has 0 fully saturated rings. The van der Waals surface area contributed by atoms with Gasteiger partial charge in [0, 0.05) is 23.8 Å². The van der Waals surface area contributed by atoms with Gasteiger partial charge in [0.2, 0.25) is 5.91 Å². The first-order valence-electron chi connectivity index (χ1n) is 6.57. The van der Waals surface area contributed by atoms with Gasteiger partial charge in [0.05, 0.1) is 11.6 Å². The normalized spacial score (nSPS) is 10.3. The van der Waals surface area contributed by atoms with E-state index in [0.717, 1.165) is 5.69 Å². The van der Waals surface area contributed by atoms with Crippen LogP contribution in [-0.4, -0.2) is 16.7 Å². The molecule has 0 aliphatic carbocycles. The summed E-state index contributed by atoms with van der Waals surface area (Å²) >= 11 is 6.99. The molecule has 1 heterocycles. The Hall–Kier alpha value is -1.72. The molecule has 21 heavy (non-hydrogen) atoms. The molecule has 1 aromatic heterocycles. The summed E-state index contributed by atoms with van der Waals surface area (Å²) < 4.78 is 0. The highest BCUT2D eigenvalue weighted by Crippen LogP contribution is 2.17. The second kappa shape index (κ2) is 7.90. The van der Waals surface area contributed by atoms with Crippen molar-refractivity contribution < 1.29 is 9.59 Å². The average Bonchev–Trinajstić information content (AvgIpc) is 2.95. The van der Waals surface area contributed by atoms with Crippen molar-refractivity contribution in [2.24, 2.45) is 0 Å². The van der Waals surface area contributed by atoms with Gasteiger partial charge in [-0.25, -0.2) is 4.98 Å². The topological polar surface area (TPSA) is 59.1 Å². The maximum absolute atomic E-state index is 11.9. The van der Waals surface area contributed by atoms with E-state index in [1.54, 1.807) is 12.1 Å². The third-order valence-corrected chi connectivity index (χ3v) is 3.92. The van der Waals surface area contributed by atoms with Gasteiger partial charge in [0.15, 0.2) is 10.9 Å². The summed E-state index contributed by atoms with van der Waals surface area (Å²) in [5.74, 6) is 0.256. The fourth-order valence-electron chi connectivity index (χ4n) is 1.79. The van der Waals surface area contributed by atoms with E-state index in [2.05, 4.69) is 10.3 Å². The van der Waals surface area contributed by atoms with Crippen molar-refractivity contribution in [3.05, 3.63) is 47.0 Å². The fraction of sp³-hybridized carbons (Fsp3) is 0.267. The lowest BCUT2D eigenvalue weighted by molar-refractivity contribution is -0.116. The van der Waals surface area contributed by atoms with Crippen LogP contribution in [0.15, 0.2) is 35.7 Å². The fourth-order valence-corrected chi connectivity index (χ4v) is 2.74. The minimum absolute atomic E-state index is 0.0575. The zero-order valence-corrected chi connectivity index (χ0v) is 12.9. The minimum atomic E-state index is -0.133. The van der Waals surface area contributed by atoms with Crippen LogP contribution in [0.2, 0.25) is 0 Å². The number of nitrogens with one attached hydrogen (secondary N) is 1. The number of nitrogens with zero attached hydrogens (tertiary/aromatic N) is 1. The lowest BCUT2D eigenvalue weighted by atomic mass is 10.1. The predicted octanol–water partition coefficient (Wildman–Crippen LogP) is 3.87. The molecule has 4 nitrogen and oxygen atoms in total. The summed E-state index contributed by atoms with van der Waals surface area (Å²) in [5.41, 5.74) is 1.43. The van der Waals surface area contributed by atoms with Gasteiger partial charge in [-0.1, -0.05) is 30.3 Å². The number of hydrogen-bond donors (Lipinski definition) is 1. The van der Waals surface area contributed by atoms with E-state index in [1.165, 1.54) is 11.3 Å². The summed E-state index contributed by atoms with van der Waals surface area (Å²) in [5, 5.41) is 5.06. The maximum Gasteiger partial charge on any atom is 0.226 e. The number of rotatable bonds is 7. The van der Waals surface area contributed by atoms with Gasteiger partial charge in [0.25, 0.3) is 0 Å². The highest BCUT2D eigenvalue weighted by Gasteiger charge is 2.09. The lowest BCUT2D eigenvalue weighted by Gasteiger charge is -2.02. The van der Waals surface area contributed by atoms with Crippen molar-refractivity contribution in [2.75, 3.05) is 5.32 Å². The van der Waals surface area contributed by atoms with Gasteiger partial charge in [0.1, 0.15) is 0 Å². The number of aromatic nitrogens is 1. The van der Waals surface area contributed by atoms with E-state index in [9.17, 15) is 9.59 Å². The van der Waals surface area contributed by atoms with E-state index in [0.29, 0.717) is 35.8 Å². The second-order valence-corrected chi connectivity index (χ2v) is 5.59. The van der Waals surface area contributed by atoms with Crippen molar-refractivity contribution in [3.8, 4) is 0 Å². The molecule has 2 aromatic rings. The quantitative estimate of drug-likeness (QED) is 0.621. The van der Waals surface area contributed by atoms with Gasteiger partial charge >= 0.3 is 0 Å². The SMILES string of the molecule is O=C(CCCC(=O)c1ccccc1)Nc1nc(CCl)cs1. The molecule has 0 bridgehead atoms. The van der Waals surface area contributed by atoms with E-state index in [-0.39, 0.29) is 11.7 Å². The molecule has 0 spiro atoms. The monoisotopic (exact) mass is 322 g/mol. The largest absolute Gasteiger partial charge is 0.302 e. The molecule has 6 heteroatoms. The Bertz CT molecular complexity index is 613. The minimum Gasteiger partial charge on any atom is -0.302 e. The third kappa shape index (κ3) is 4.95. The highest BCUT2D eigenvalue weighted by atomic mass is 35.5. The van der Waals surface area contributed by atoms with Crippen LogP contribution in [0.1, 0.15) is 35.3 Å². The molecule has 0 aliphatic rings. The van der Waals surface area contributed by atoms with Crippen molar-refractivity contribution >= 4 is 39.8 Å². The molecule has 2 rings (SSSR count). The number of carbonyl (C=O) groups is 2. The standard InChI is InChI=1S/C15H15ClN2O2S/c16-9-12-10-21-15(17-12)18-14(20)8-4-7-13(19)11-5-2-1-3-6-11/h1-3,5-6,10H,4,7-9H2,(H,17,18,20). The number of alkyl halides is 1. The van der Waals surface area contributed by atoms with Gasteiger partial charge in [-0.2, -0.15) is 0 Å². The van der Waals surface area contributed by atoms with Gasteiger partial charge in [-0.3, -0.25) is 9.59 Å². The van der Waals surface area contributed by atoms with Crippen LogP contribution in [0.3, 0.4) is 0 Å². The highest BCUT2D eigenvalue weighted by molar-refractivity contribution is 7.13. The summed E-state index contributed by atoms with van der Waals surface area (Å²) in [6, 6.07) is 9.10. The van der Waals surface area contributed by atoms with Crippen LogP contribution in [0, 0.1) is 0 Å². The summed E-state index contributed by atoms with van der Waals surface area (Å²) in [6.45, 7) is 0. The van der Waals surface area contributed by atoms with Crippen LogP contribution in [0.5, 0.6) is 0 Å². The van der Waals surface area contributed by atoms with Crippen LogP contribution in [-0.2, 0) is 10.7 Å². The molecule has 1 aromatic carbocycles. The van der Waals surface area contributed by atoms with Crippen molar-refractivity contribution in [3.63, 3.8) is 0 Å². The second-order valence-electron chi connectivity index (χ2n) is 4.47. The predicted molar refractivity (Wildman–Crippen MR) is 84.9 cm³/mol. The first-order chi connectivity index (χ1) is 10.2. The van der Waals surface area contributed by atoms with Crippen molar-refractivity contribution in [2.45, 2.75) is 25.1 Å². The number of anilines is 1. The van der Waals surface area contributed by atoms with E-state index in [4.69, 9.17) is 11.6 Å². The Labute approximate surface area is 132 Å². The third-order valence-electron chi connectivity index (χ3n) is 2.84. The van der Waals surface area contributed by atoms with E-state index in [1.807, 2.05) is 23.6 Å². The number of halogens is 1. The number of hydrogen-bond acceptors (Lipinski definition) is 4. The van der Waals surface area contributed by atoms with E-state index >= 15 is 0 Å². The van der Waals surface area contributed by atoms with Crippen molar-refractivity contribution in [1.29, 1.82) is 0 Å². The van der Waals surface area contributed by atoms with Gasteiger partial charge < -0.3 is 5.32 Å². The molecule has 0 saturated heterocycles. The zero-order chi connectivity index (χ0) is 15.1. The van der Waals surface area contributed by atoms with E-state index < -0.39 is 0 Å². The summed E-state index contributed by atoms with van der Waals surface area (Å²) in [7, 11) is 0. The summed E-state index contributed by atoms with van der Waals surface area (Å²) in [4.78, 5) is 27.8. The Balaban J connectivity index is 1.73. The molecule has 0 saturated carbocycles. The van der Waals surface area contributed by atoms with Crippen LogP contribution < -0.4 is 5.32 Å². The van der Waals surface area contributed by atoms with Crippen LogP contribution >= 0.6 is 22.9 Å². The van der Waals surface area contributed by atoms with Crippen molar-refractivity contribution in [1.82, 2.24) is 4.98 Å². The first-order valence-corrected chi connectivity index (χ1v) is 7.99. The molecular weight excluding hydrogens is 308 g/mol. The Morgan fingerprint density at radius 1 is 1.19 bits per heavy atom. The molecule has 1 amide bonds. The number of amides is 1. The molecule has 0 atom stereocenters. The van der Waals surface area contributed by atoms with Crippen LogP contribution in [0.4, 0.5) is 5.13 Å². The number of ketones is 1. The number of benzene rings is 1. The number of carbonyl (C=O) groups excluding carboxylic acids is 2. The number of Topliss-reactive ketones (excluding diaryl/α,β-unsaturated/α-hetero) is 1. The maximum atomic E-state index is 11.9. The Morgan fingerprint density at radius 3 is 2.62 bits per heavy atom. The molecule has 0 radical (unpaired) electrons. The zero-order valence-electron chi connectivity index (χ0n) is 11.3. The first kappa shape index (κ1) is 15.7. The molecule has 0 unspecified atom stereocenters. The molecule has 1 N–H and O–H groups in total. The number of thiazole rings is 1. The Morgan fingerprint density at radius 2 is 1.95 bits per heavy atom. The molecular formula is C15H15ClN2O2S. The van der Waals surface area contributed by atoms with Crippen LogP contribution in [0.25, 0.3) is 0 Å². The van der Waals surface area contributed by atoms with Gasteiger partial charge in [-0.15, -0.1) is 22.9 Å². The molecule has 0 aliphatic heterocycles. The smallest absolute Gasteiger partial charge is 0.226 e. The Kier molecular flexibility index (Phi) is 5.90. The van der Waals surface area contributed by atoms with Gasteiger partial charge in [-0.05, 0) is 6.42 Å². The lowest BCUT2D eigenvalue weighted by Crippen LogP contribution is -2.11. The molecule has 110 valence electrons. The average molecular weight is 323 g/mol. The summed E-state index contributed by atoms with van der Waals surface area (Å²) in [6.07, 6.45) is 1.18.